The monoisotopic (exact) mass is 344 g/mol. The van der Waals surface area contributed by atoms with E-state index < -0.39 is 0 Å². The van der Waals surface area contributed by atoms with Gasteiger partial charge in [0.25, 0.3) is 0 Å². The van der Waals surface area contributed by atoms with E-state index in [9.17, 15) is 9.18 Å². The number of aryl methyl sites for hydroxylation is 1. The first-order valence-corrected chi connectivity index (χ1v) is 8.97. The zero-order valence-corrected chi connectivity index (χ0v) is 14.7. The summed E-state index contributed by atoms with van der Waals surface area (Å²) in [6.07, 6.45) is 0.651. The van der Waals surface area contributed by atoms with Crippen molar-refractivity contribution in [2.24, 2.45) is 0 Å². The molecule has 0 spiro atoms. The lowest BCUT2D eigenvalue weighted by Gasteiger charge is -2.20. The van der Waals surface area contributed by atoms with Crippen molar-refractivity contribution in [3.8, 4) is 0 Å². The molecule has 5 heteroatoms. The Morgan fingerprint density at radius 2 is 2.00 bits per heavy atom. The molecular formula is C19H21FN2OS. The molecule has 1 aliphatic heterocycles. The average molecular weight is 344 g/mol. The smallest absolute Gasteiger partial charge is 0.237 e. The molecule has 126 valence electrons. The van der Waals surface area contributed by atoms with E-state index in [1.165, 1.54) is 17.3 Å². The molecule has 3 rings (SSSR count). The molecule has 0 bridgehead atoms. The van der Waals surface area contributed by atoms with Crippen LogP contribution in [0.3, 0.4) is 0 Å². The number of carbonyl (C=O) groups excluding carboxylic acids is 1. The number of rotatable bonds is 4. The fourth-order valence-electron chi connectivity index (χ4n) is 2.74. The van der Waals surface area contributed by atoms with Gasteiger partial charge in [0.15, 0.2) is 0 Å². The molecule has 0 aliphatic carbocycles. The summed E-state index contributed by atoms with van der Waals surface area (Å²) in [5, 5.41) is 5.66. The van der Waals surface area contributed by atoms with Crippen molar-refractivity contribution in [2.45, 2.75) is 37.0 Å². The van der Waals surface area contributed by atoms with E-state index in [4.69, 9.17) is 0 Å². The Hall–Kier alpha value is -1.85. The van der Waals surface area contributed by atoms with Crippen LogP contribution in [-0.4, -0.2) is 17.7 Å². The molecule has 2 aromatic carbocycles. The highest BCUT2D eigenvalue weighted by atomic mass is 32.2. The quantitative estimate of drug-likeness (QED) is 0.827. The summed E-state index contributed by atoms with van der Waals surface area (Å²) >= 11 is 1.47. The van der Waals surface area contributed by atoms with Crippen molar-refractivity contribution in [3.63, 3.8) is 0 Å². The lowest BCUT2D eigenvalue weighted by Crippen LogP contribution is -2.26. The van der Waals surface area contributed by atoms with Crippen LogP contribution in [0.25, 0.3) is 0 Å². The minimum Gasteiger partial charge on any atom is -0.323 e. The lowest BCUT2D eigenvalue weighted by atomic mass is 9.99. The summed E-state index contributed by atoms with van der Waals surface area (Å²) < 4.78 is 14.6. The lowest BCUT2D eigenvalue weighted by molar-refractivity contribution is -0.115. The molecule has 1 atom stereocenters. The first-order chi connectivity index (χ1) is 11.5. The van der Waals surface area contributed by atoms with Gasteiger partial charge in [-0.3, -0.25) is 4.79 Å². The molecule has 0 radical (unpaired) electrons. The number of anilines is 1. The molecule has 24 heavy (non-hydrogen) atoms. The highest BCUT2D eigenvalue weighted by Gasteiger charge is 2.20. The van der Waals surface area contributed by atoms with Gasteiger partial charge in [-0.15, -0.1) is 11.8 Å². The third kappa shape index (κ3) is 3.79. The molecule has 0 fully saturated rings. The van der Waals surface area contributed by atoms with Gasteiger partial charge in [-0.2, -0.15) is 0 Å². The Labute approximate surface area is 146 Å². The molecule has 3 nitrogen and oxygen atoms in total. The Morgan fingerprint density at radius 3 is 2.75 bits per heavy atom. The molecular weight excluding hydrogens is 323 g/mol. The number of fused-ring (bicyclic) bond motifs is 1. The Bertz CT molecular complexity index is 746. The van der Waals surface area contributed by atoms with Gasteiger partial charge in [0.2, 0.25) is 5.91 Å². The summed E-state index contributed by atoms with van der Waals surface area (Å²) in [7, 11) is 0. The fraction of sp³-hybridized carbons (Fsp3) is 0.316. The normalized spacial score (nSPS) is 14.8. The third-order valence-corrected chi connectivity index (χ3v) is 5.28. The van der Waals surface area contributed by atoms with Gasteiger partial charge >= 0.3 is 0 Å². The van der Waals surface area contributed by atoms with Gasteiger partial charge in [0, 0.05) is 11.4 Å². The highest BCUT2D eigenvalue weighted by Crippen LogP contribution is 2.27. The van der Waals surface area contributed by atoms with Gasteiger partial charge in [0.1, 0.15) is 5.82 Å². The molecule has 0 saturated carbocycles. The maximum absolute atomic E-state index is 14.6. The van der Waals surface area contributed by atoms with Crippen LogP contribution in [0.4, 0.5) is 10.1 Å². The summed E-state index contributed by atoms with van der Waals surface area (Å²) in [6, 6.07) is 11.6. The van der Waals surface area contributed by atoms with Crippen LogP contribution >= 0.6 is 11.8 Å². The minimum atomic E-state index is -0.301. The number of benzene rings is 2. The van der Waals surface area contributed by atoms with Crippen LogP contribution in [0.15, 0.2) is 41.3 Å². The minimum absolute atomic E-state index is 0.187. The van der Waals surface area contributed by atoms with E-state index >= 15 is 0 Å². The molecule has 1 aliphatic rings. The van der Waals surface area contributed by atoms with E-state index in [0.29, 0.717) is 18.5 Å². The Kier molecular flexibility index (Phi) is 5.21. The van der Waals surface area contributed by atoms with Gasteiger partial charge in [-0.1, -0.05) is 23.8 Å². The van der Waals surface area contributed by atoms with E-state index in [1.807, 2.05) is 44.2 Å². The van der Waals surface area contributed by atoms with Crippen LogP contribution in [0.2, 0.25) is 0 Å². The van der Waals surface area contributed by atoms with Crippen molar-refractivity contribution in [1.29, 1.82) is 0 Å². The van der Waals surface area contributed by atoms with E-state index in [0.717, 1.165) is 17.0 Å². The van der Waals surface area contributed by atoms with Gasteiger partial charge in [-0.25, -0.2) is 4.39 Å². The zero-order valence-electron chi connectivity index (χ0n) is 13.9. The average Bonchev–Trinajstić information content (AvgIpc) is 2.59. The van der Waals surface area contributed by atoms with E-state index in [2.05, 4.69) is 10.6 Å². The number of amides is 1. The Morgan fingerprint density at radius 1 is 1.25 bits per heavy atom. The summed E-state index contributed by atoms with van der Waals surface area (Å²) in [6.45, 7) is 5.31. The second kappa shape index (κ2) is 7.36. The van der Waals surface area contributed by atoms with Crippen molar-refractivity contribution in [2.75, 3.05) is 11.9 Å². The van der Waals surface area contributed by atoms with Gasteiger partial charge in [0.05, 0.1) is 10.9 Å². The van der Waals surface area contributed by atoms with Gasteiger partial charge in [-0.05, 0) is 56.1 Å². The largest absolute Gasteiger partial charge is 0.323 e. The number of hydrogen-bond donors (Lipinski definition) is 2. The predicted molar refractivity (Wildman–Crippen MR) is 96.9 cm³/mol. The predicted octanol–water partition coefficient (Wildman–Crippen LogP) is 3.90. The van der Waals surface area contributed by atoms with Crippen molar-refractivity contribution in [1.82, 2.24) is 5.32 Å². The number of halogens is 1. The van der Waals surface area contributed by atoms with Crippen LogP contribution in [0.5, 0.6) is 0 Å². The molecule has 1 unspecified atom stereocenters. The number of thioether (sulfide) groups is 1. The highest BCUT2D eigenvalue weighted by molar-refractivity contribution is 8.00. The standard InChI is InChI=1S/C19H21FN2OS/c1-12-3-6-15(7-4-12)24-13(2)19(23)22-17-8-5-14-11-21-10-9-16(14)18(17)20/h3-8,13,21H,9-11H2,1-2H3,(H,22,23). The number of carbonyl (C=O) groups is 1. The Balaban J connectivity index is 1.69. The summed E-state index contributed by atoms with van der Waals surface area (Å²) in [5.41, 5.74) is 3.14. The molecule has 1 heterocycles. The molecule has 2 N–H and O–H groups in total. The maximum atomic E-state index is 14.6. The molecule has 0 aromatic heterocycles. The fourth-order valence-corrected chi connectivity index (χ4v) is 3.61. The number of nitrogens with one attached hydrogen (secondary N) is 2. The first kappa shape index (κ1) is 17.0. The maximum Gasteiger partial charge on any atom is 0.237 e. The van der Waals surface area contributed by atoms with E-state index in [1.54, 1.807) is 6.07 Å². The van der Waals surface area contributed by atoms with Crippen molar-refractivity contribution in [3.05, 3.63) is 58.9 Å². The van der Waals surface area contributed by atoms with Crippen LogP contribution in [0.1, 0.15) is 23.6 Å². The van der Waals surface area contributed by atoms with Crippen LogP contribution in [0, 0.1) is 12.7 Å². The van der Waals surface area contributed by atoms with E-state index in [-0.39, 0.29) is 22.7 Å². The van der Waals surface area contributed by atoms with Crippen LogP contribution < -0.4 is 10.6 Å². The summed E-state index contributed by atoms with van der Waals surface area (Å²) in [5.74, 6) is -0.483. The second-order valence-corrected chi connectivity index (χ2v) is 7.47. The molecule has 2 aromatic rings. The summed E-state index contributed by atoms with van der Waals surface area (Å²) in [4.78, 5) is 13.4. The van der Waals surface area contributed by atoms with Crippen LogP contribution in [-0.2, 0) is 17.8 Å². The van der Waals surface area contributed by atoms with Gasteiger partial charge < -0.3 is 10.6 Å². The first-order valence-electron chi connectivity index (χ1n) is 8.10. The SMILES string of the molecule is Cc1ccc(SC(C)C(=O)Nc2ccc3c(c2F)CCNC3)cc1. The number of hydrogen-bond acceptors (Lipinski definition) is 3. The molecule has 1 amide bonds. The topological polar surface area (TPSA) is 41.1 Å². The molecule has 0 saturated heterocycles. The zero-order chi connectivity index (χ0) is 17.1. The van der Waals surface area contributed by atoms with Crippen molar-refractivity contribution >= 4 is 23.4 Å². The van der Waals surface area contributed by atoms with Crippen molar-refractivity contribution < 1.29 is 9.18 Å². The second-order valence-electron chi connectivity index (χ2n) is 6.05. The third-order valence-electron chi connectivity index (χ3n) is 4.17.